The number of benzene rings is 2. The zero-order chi connectivity index (χ0) is 11.7. The predicted octanol–water partition coefficient (Wildman–Crippen LogP) is 3.84. The molecular weight excluding hydrogens is 213 g/mol. The smallest absolute Gasteiger partial charge is 0.123 e. The molecule has 1 nitrogen and oxygen atoms in total. The van der Waals surface area contributed by atoms with E-state index < -0.39 is 0 Å². The van der Waals surface area contributed by atoms with Crippen LogP contribution in [0.3, 0.4) is 0 Å². The van der Waals surface area contributed by atoms with E-state index in [0.717, 1.165) is 16.5 Å². The summed E-state index contributed by atoms with van der Waals surface area (Å²) in [6.45, 7) is 0. The first kappa shape index (κ1) is 9.97. The van der Waals surface area contributed by atoms with Crippen molar-refractivity contribution >= 4 is 10.8 Å². The van der Waals surface area contributed by atoms with Crippen LogP contribution in [0.1, 0.15) is 0 Å². The molecule has 1 aromatic heterocycles. The Morgan fingerprint density at radius 3 is 2.82 bits per heavy atom. The van der Waals surface area contributed by atoms with Crippen molar-refractivity contribution in [1.82, 2.24) is 4.98 Å². The molecule has 3 aromatic rings. The number of halogens is 1. The number of hydrogen-bond donors (Lipinski definition) is 0. The van der Waals surface area contributed by atoms with E-state index in [-0.39, 0.29) is 5.82 Å². The predicted molar refractivity (Wildman–Crippen MR) is 66.0 cm³/mol. The third-order valence-corrected chi connectivity index (χ3v) is 2.69. The molecule has 2 heteroatoms. The Bertz CT molecular complexity index is 671. The topological polar surface area (TPSA) is 12.9 Å². The van der Waals surface area contributed by atoms with Crippen LogP contribution in [0, 0.1) is 11.9 Å². The van der Waals surface area contributed by atoms with Crippen LogP contribution in [-0.2, 0) is 0 Å². The third kappa shape index (κ3) is 1.78. The highest BCUT2D eigenvalue weighted by Crippen LogP contribution is 2.26. The van der Waals surface area contributed by atoms with Gasteiger partial charge in [-0.2, -0.15) is 0 Å². The van der Waals surface area contributed by atoms with Crippen molar-refractivity contribution in [3.05, 3.63) is 66.6 Å². The van der Waals surface area contributed by atoms with Crippen LogP contribution in [0.25, 0.3) is 22.0 Å². The molecule has 1 radical (unpaired) electrons. The molecule has 0 unspecified atom stereocenters. The Morgan fingerprint density at radius 2 is 1.94 bits per heavy atom. The van der Waals surface area contributed by atoms with Gasteiger partial charge in [-0.05, 0) is 29.7 Å². The van der Waals surface area contributed by atoms with Gasteiger partial charge >= 0.3 is 0 Å². The lowest BCUT2D eigenvalue weighted by Gasteiger charge is -2.05. The number of rotatable bonds is 1. The molecule has 0 aliphatic carbocycles. The fourth-order valence-corrected chi connectivity index (χ4v) is 1.91. The van der Waals surface area contributed by atoms with Crippen LogP contribution in [-0.4, -0.2) is 4.98 Å². The molecule has 0 aliphatic rings. The van der Waals surface area contributed by atoms with Crippen LogP contribution in [0.5, 0.6) is 0 Å². The van der Waals surface area contributed by atoms with Crippen molar-refractivity contribution in [2.75, 3.05) is 0 Å². The van der Waals surface area contributed by atoms with E-state index in [1.165, 1.54) is 12.1 Å². The van der Waals surface area contributed by atoms with Crippen LogP contribution in [0.4, 0.5) is 4.39 Å². The SMILES string of the molecule is Fc1cc[c]c(-c2nccc3ccccc23)c1. The first-order chi connectivity index (χ1) is 8.34. The zero-order valence-electron chi connectivity index (χ0n) is 9.02. The molecule has 0 saturated heterocycles. The molecule has 3 rings (SSSR count). The summed E-state index contributed by atoms with van der Waals surface area (Å²) in [5.41, 5.74) is 1.45. The van der Waals surface area contributed by atoms with Crippen LogP contribution >= 0.6 is 0 Å². The Morgan fingerprint density at radius 1 is 1.06 bits per heavy atom. The Kier molecular flexibility index (Phi) is 2.33. The summed E-state index contributed by atoms with van der Waals surface area (Å²) in [4.78, 5) is 4.32. The summed E-state index contributed by atoms with van der Waals surface area (Å²) < 4.78 is 13.2. The number of aromatic nitrogens is 1. The van der Waals surface area contributed by atoms with E-state index in [0.29, 0.717) is 5.56 Å². The quantitative estimate of drug-likeness (QED) is 0.609. The standard InChI is InChI=1S/C15H9FN/c16-13-6-3-5-12(10-13)15-14-7-2-1-4-11(14)8-9-17-15/h1-4,6-10H. The van der Waals surface area contributed by atoms with Gasteiger partial charge in [0, 0.05) is 17.1 Å². The van der Waals surface area contributed by atoms with Crippen molar-refractivity contribution in [2.24, 2.45) is 0 Å². The first-order valence-electron chi connectivity index (χ1n) is 5.36. The minimum Gasteiger partial charge on any atom is -0.256 e. The van der Waals surface area contributed by atoms with Gasteiger partial charge in [0.1, 0.15) is 5.82 Å². The van der Waals surface area contributed by atoms with Crippen molar-refractivity contribution in [1.29, 1.82) is 0 Å². The van der Waals surface area contributed by atoms with Gasteiger partial charge in [-0.25, -0.2) is 4.39 Å². The zero-order valence-corrected chi connectivity index (χ0v) is 9.02. The molecule has 2 aromatic carbocycles. The number of fused-ring (bicyclic) bond motifs is 1. The highest BCUT2D eigenvalue weighted by Gasteiger charge is 2.05. The summed E-state index contributed by atoms with van der Waals surface area (Å²) in [5, 5.41) is 2.10. The van der Waals surface area contributed by atoms with Gasteiger partial charge in [0.15, 0.2) is 0 Å². The molecule has 0 saturated carbocycles. The van der Waals surface area contributed by atoms with E-state index in [4.69, 9.17) is 0 Å². The van der Waals surface area contributed by atoms with E-state index >= 15 is 0 Å². The third-order valence-electron chi connectivity index (χ3n) is 2.69. The molecule has 0 fully saturated rings. The van der Waals surface area contributed by atoms with Crippen molar-refractivity contribution < 1.29 is 4.39 Å². The molecule has 17 heavy (non-hydrogen) atoms. The van der Waals surface area contributed by atoms with Crippen LogP contribution < -0.4 is 0 Å². The van der Waals surface area contributed by atoms with Crippen molar-refractivity contribution in [3.8, 4) is 11.3 Å². The van der Waals surface area contributed by atoms with Gasteiger partial charge in [0.25, 0.3) is 0 Å². The van der Waals surface area contributed by atoms with Gasteiger partial charge < -0.3 is 0 Å². The van der Waals surface area contributed by atoms with Gasteiger partial charge in [0.2, 0.25) is 0 Å². The lowest BCUT2D eigenvalue weighted by atomic mass is 10.0. The highest BCUT2D eigenvalue weighted by molar-refractivity contribution is 5.94. The first-order valence-corrected chi connectivity index (χ1v) is 5.36. The van der Waals surface area contributed by atoms with E-state index in [2.05, 4.69) is 11.1 Å². The molecule has 0 N–H and O–H groups in total. The molecule has 0 amide bonds. The Labute approximate surface area is 98.6 Å². The van der Waals surface area contributed by atoms with E-state index in [1.54, 1.807) is 12.3 Å². The Balaban J connectivity index is 2.30. The average molecular weight is 222 g/mol. The van der Waals surface area contributed by atoms with Crippen LogP contribution in [0.2, 0.25) is 0 Å². The fraction of sp³-hybridized carbons (Fsp3) is 0. The molecular formula is C15H9FN. The van der Waals surface area contributed by atoms with Crippen molar-refractivity contribution in [3.63, 3.8) is 0 Å². The van der Waals surface area contributed by atoms with Gasteiger partial charge in [-0.1, -0.05) is 30.3 Å². The highest BCUT2D eigenvalue weighted by atomic mass is 19.1. The lowest BCUT2D eigenvalue weighted by molar-refractivity contribution is 0.628. The number of nitrogens with zero attached hydrogens (tertiary/aromatic N) is 1. The Hall–Kier alpha value is -2.22. The summed E-state index contributed by atoms with van der Waals surface area (Å²) in [5.74, 6) is -0.270. The maximum absolute atomic E-state index is 13.2. The molecule has 0 bridgehead atoms. The number of pyridine rings is 1. The molecule has 0 spiro atoms. The second-order valence-electron chi connectivity index (χ2n) is 3.80. The maximum atomic E-state index is 13.2. The average Bonchev–Trinajstić information content (AvgIpc) is 2.38. The van der Waals surface area contributed by atoms with E-state index in [1.807, 2.05) is 30.3 Å². The molecule has 1 heterocycles. The monoisotopic (exact) mass is 222 g/mol. The normalized spacial score (nSPS) is 10.6. The van der Waals surface area contributed by atoms with Crippen molar-refractivity contribution in [2.45, 2.75) is 0 Å². The van der Waals surface area contributed by atoms with Gasteiger partial charge in [-0.15, -0.1) is 0 Å². The second kappa shape index (κ2) is 3.98. The molecule has 81 valence electrons. The van der Waals surface area contributed by atoms with E-state index in [9.17, 15) is 4.39 Å². The maximum Gasteiger partial charge on any atom is 0.123 e. The van der Waals surface area contributed by atoms with Gasteiger partial charge in [-0.3, -0.25) is 4.98 Å². The second-order valence-corrected chi connectivity index (χ2v) is 3.80. The molecule has 0 atom stereocenters. The summed E-state index contributed by atoms with van der Waals surface area (Å²) in [7, 11) is 0. The summed E-state index contributed by atoms with van der Waals surface area (Å²) >= 11 is 0. The number of hydrogen-bond acceptors (Lipinski definition) is 1. The summed E-state index contributed by atoms with van der Waals surface area (Å²) in [6.07, 6.45) is 1.73. The fourth-order valence-electron chi connectivity index (χ4n) is 1.91. The summed E-state index contributed by atoms with van der Waals surface area (Å²) in [6, 6.07) is 17.3. The minimum absolute atomic E-state index is 0.270. The molecule has 0 aliphatic heterocycles. The van der Waals surface area contributed by atoms with Crippen LogP contribution in [0.15, 0.2) is 54.7 Å². The minimum atomic E-state index is -0.270. The lowest BCUT2D eigenvalue weighted by Crippen LogP contribution is -1.86. The largest absolute Gasteiger partial charge is 0.256 e. The van der Waals surface area contributed by atoms with Gasteiger partial charge in [0.05, 0.1) is 5.69 Å².